The summed E-state index contributed by atoms with van der Waals surface area (Å²) in [6.07, 6.45) is -0.622. The second-order valence-electron chi connectivity index (χ2n) is 6.95. The number of carbonyl (C=O) groups is 3. The number of ether oxygens (including phenoxy) is 1. The molecule has 1 aliphatic heterocycles. The number of nitrogens with zero attached hydrogens (tertiary/aromatic N) is 2. The van der Waals surface area contributed by atoms with Crippen LogP contribution in [0.4, 0.5) is 5.69 Å². The van der Waals surface area contributed by atoms with Gasteiger partial charge in [0.05, 0.1) is 29.3 Å². The van der Waals surface area contributed by atoms with Crippen molar-refractivity contribution < 1.29 is 29.2 Å². The van der Waals surface area contributed by atoms with Crippen molar-refractivity contribution in [1.29, 1.82) is 0 Å². The first-order chi connectivity index (χ1) is 14.8. The summed E-state index contributed by atoms with van der Waals surface area (Å²) in [6, 6.07) is 10.3. The van der Waals surface area contributed by atoms with Crippen molar-refractivity contribution in [2.45, 2.75) is 18.9 Å². The quantitative estimate of drug-likeness (QED) is 0.353. The van der Waals surface area contributed by atoms with Gasteiger partial charge in [-0.25, -0.2) is 0 Å². The topological polar surface area (TPSA) is 139 Å². The van der Waals surface area contributed by atoms with Crippen LogP contribution in [0.1, 0.15) is 45.2 Å². The molecule has 2 aromatic carbocycles. The van der Waals surface area contributed by atoms with E-state index in [1.807, 2.05) is 0 Å². The number of nitro benzene ring substituents is 1. The minimum absolute atomic E-state index is 0.00809. The Morgan fingerprint density at radius 1 is 1.16 bits per heavy atom. The highest BCUT2D eigenvalue weighted by molar-refractivity contribution is 6.21. The fraction of sp³-hybridized carbons (Fsp3) is 0.286. The molecule has 0 fully saturated rings. The standard InChI is InChI=1S/C21H21N3O7/c1-31-15-7-4-13(5-8-15)18(25)12-22-19(26)3-2-10-23-20(27)16-9-6-14(24(29)30)11-17(16)21(23)28/h4-9,11,18,25H,2-3,10,12H2,1H3,(H,22,26). The van der Waals surface area contributed by atoms with Crippen LogP contribution in [0.15, 0.2) is 42.5 Å². The van der Waals surface area contributed by atoms with Crippen LogP contribution in [-0.2, 0) is 4.79 Å². The van der Waals surface area contributed by atoms with Crippen LogP contribution in [0.3, 0.4) is 0 Å². The molecule has 1 unspecified atom stereocenters. The number of nitrogens with one attached hydrogen (secondary N) is 1. The van der Waals surface area contributed by atoms with Crippen LogP contribution < -0.4 is 10.1 Å². The molecule has 2 N–H and O–H groups in total. The molecule has 2 aromatic rings. The molecular formula is C21H21N3O7. The summed E-state index contributed by atoms with van der Waals surface area (Å²) in [6.45, 7) is 0.0242. The van der Waals surface area contributed by atoms with Gasteiger partial charge in [0.15, 0.2) is 0 Å². The molecular weight excluding hydrogens is 406 g/mol. The van der Waals surface area contributed by atoms with E-state index in [-0.39, 0.29) is 48.7 Å². The third kappa shape index (κ3) is 4.86. The number of hydrogen-bond acceptors (Lipinski definition) is 7. The molecule has 0 radical (unpaired) electrons. The van der Waals surface area contributed by atoms with Crippen molar-refractivity contribution in [3.05, 3.63) is 69.3 Å². The molecule has 1 heterocycles. The zero-order valence-corrected chi connectivity index (χ0v) is 16.7. The van der Waals surface area contributed by atoms with Crippen molar-refractivity contribution >= 4 is 23.4 Å². The Bertz CT molecular complexity index is 1020. The SMILES string of the molecule is COc1ccc(C(O)CNC(=O)CCCN2C(=O)c3ccc([N+](=O)[O-])cc3C2=O)cc1. The van der Waals surface area contributed by atoms with Gasteiger partial charge >= 0.3 is 0 Å². The number of methoxy groups -OCH3 is 1. The van der Waals surface area contributed by atoms with E-state index in [1.54, 1.807) is 24.3 Å². The van der Waals surface area contributed by atoms with Crippen molar-refractivity contribution in [2.75, 3.05) is 20.2 Å². The minimum atomic E-state index is -0.887. The zero-order valence-electron chi connectivity index (χ0n) is 16.7. The number of non-ortho nitro benzene ring substituents is 1. The Balaban J connectivity index is 1.47. The molecule has 10 heteroatoms. The second-order valence-corrected chi connectivity index (χ2v) is 6.95. The summed E-state index contributed by atoms with van der Waals surface area (Å²) in [5.41, 5.74) is 0.465. The smallest absolute Gasteiger partial charge is 0.270 e. The van der Waals surface area contributed by atoms with E-state index in [4.69, 9.17) is 4.74 Å². The lowest BCUT2D eigenvalue weighted by molar-refractivity contribution is -0.384. The van der Waals surface area contributed by atoms with Gasteiger partial charge in [-0.3, -0.25) is 29.4 Å². The predicted molar refractivity (Wildman–Crippen MR) is 109 cm³/mol. The number of rotatable bonds is 9. The molecule has 0 spiro atoms. The number of fused-ring (bicyclic) bond motifs is 1. The number of carbonyl (C=O) groups excluding carboxylic acids is 3. The molecule has 0 aromatic heterocycles. The van der Waals surface area contributed by atoms with Crippen LogP contribution in [0.5, 0.6) is 5.75 Å². The molecule has 0 saturated heterocycles. The van der Waals surface area contributed by atoms with E-state index in [9.17, 15) is 29.6 Å². The van der Waals surface area contributed by atoms with Gasteiger partial charge in [-0.05, 0) is 30.2 Å². The normalized spacial score (nSPS) is 13.7. The molecule has 1 atom stereocenters. The summed E-state index contributed by atoms with van der Waals surface area (Å²) >= 11 is 0. The molecule has 0 aliphatic carbocycles. The van der Waals surface area contributed by atoms with Gasteiger partial charge in [0, 0.05) is 31.6 Å². The highest BCUT2D eigenvalue weighted by Gasteiger charge is 2.36. The van der Waals surface area contributed by atoms with Crippen molar-refractivity contribution in [3.8, 4) is 5.75 Å². The molecule has 1 aliphatic rings. The van der Waals surface area contributed by atoms with E-state index >= 15 is 0 Å². The second kappa shape index (κ2) is 9.35. The van der Waals surface area contributed by atoms with Crippen LogP contribution >= 0.6 is 0 Å². The highest BCUT2D eigenvalue weighted by atomic mass is 16.6. The first kappa shape index (κ1) is 21.9. The van der Waals surface area contributed by atoms with Crippen LogP contribution in [0.25, 0.3) is 0 Å². The summed E-state index contributed by atoms with van der Waals surface area (Å²) in [5, 5.41) is 23.6. The van der Waals surface area contributed by atoms with Crippen molar-refractivity contribution in [3.63, 3.8) is 0 Å². The van der Waals surface area contributed by atoms with Gasteiger partial charge in [0.25, 0.3) is 17.5 Å². The Morgan fingerprint density at radius 2 is 1.84 bits per heavy atom. The van der Waals surface area contributed by atoms with Crippen LogP contribution in [0, 0.1) is 10.1 Å². The lowest BCUT2D eigenvalue weighted by Crippen LogP contribution is -2.32. The number of hydrogen-bond donors (Lipinski definition) is 2. The third-order valence-electron chi connectivity index (χ3n) is 4.94. The van der Waals surface area contributed by atoms with Gasteiger partial charge in [0.2, 0.25) is 5.91 Å². The number of aliphatic hydroxyl groups excluding tert-OH is 1. The number of amides is 3. The zero-order chi connectivity index (χ0) is 22.5. The lowest BCUT2D eigenvalue weighted by Gasteiger charge is -2.15. The number of imide groups is 1. The summed E-state index contributed by atoms with van der Waals surface area (Å²) in [5.74, 6) is -0.827. The average molecular weight is 427 g/mol. The van der Waals surface area contributed by atoms with E-state index in [0.29, 0.717) is 11.3 Å². The van der Waals surface area contributed by atoms with Crippen LogP contribution in [0.2, 0.25) is 0 Å². The molecule has 0 saturated carbocycles. The predicted octanol–water partition coefficient (Wildman–Crippen LogP) is 1.83. The Hall–Kier alpha value is -3.79. The van der Waals surface area contributed by atoms with E-state index in [1.165, 1.54) is 19.2 Å². The molecule has 3 amide bonds. The largest absolute Gasteiger partial charge is 0.497 e. The third-order valence-corrected chi connectivity index (χ3v) is 4.94. The van der Waals surface area contributed by atoms with Gasteiger partial charge in [-0.15, -0.1) is 0 Å². The summed E-state index contributed by atoms with van der Waals surface area (Å²) < 4.78 is 5.05. The maximum Gasteiger partial charge on any atom is 0.270 e. The summed E-state index contributed by atoms with van der Waals surface area (Å²) in [4.78, 5) is 48.1. The number of aliphatic hydroxyl groups is 1. The van der Waals surface area contributed by atoms with E-state index in [0.717, 1.165) is 11.0 Å². The van der Waals surface area contributed by atoms with E-state index < -0.39 is 22.8 Å². The molecule has 0 bridgehead atoms. The van der Waals surface area contributed by atoms with E-state index in [2.05, 4.69) is 5.32 Å². The Labute approximate surface area is 177 Å². The van der Waals surface area contributed by atoms with Crippen molar-refractivity contribution in [2.24, 2.45) is 0 Å². The average Bonchev–Trinajstić information content (AvgIpc) is 3.01. The number of nitro groups is 1. The maximum atomic E-state index is 12.4. The highest BCUT2D eigenvalue weighted by Crippen LogP contribution is 2.27. The first-order valence-electron chi connectivity index (χ1n) is 9.55. The summed E-state index contributed by atoms with van der Waals surface area (Å²) in [7, 11) is 1.54. The minimum Gasteiger partial charge on any atom is -0.497 e. The van der Waals surface area contributed by atoms with Crippen molar-refractivity contribution in [1.82, 2.24) is 10.2 Å². The van der Waals surface area contributed by atoms with Gasteiger partial charge in [0.1, 0.15) is 5.75 Å². The molecule has 162 valence electrons. The maximum absolute atomic E-state index is 12.4. The Kier molecular flexibility index (Phi) is 6.61. The molecule has 10 nitrogen and oxygen atoms in total. The van der Waals surface area contributed by atoms with Crippen LogP contribution in [-0.4, -0.2) is 52.9 Å². The lowest BCUT2D eigenvalue weighted by atomic mass is 10.1. The monoisotopic (exact) mass is 427 g/mol. The van der Waals surface area contributed by atoms with Gasteiger partial charge < -0.3 is 15.2 Å². The number of benzene rings is 2. The first-order valence-corrected chi connectivity index (χ1v) is 9.55. The fourth-order valence-corrected chi connectivity index (χ4v) is 3.24. The molecule has 3 rings (SSSR count). The molecule has 31 heavy (non-hydrogen) atoms. The fourth-order valence-electron chi connectivity index (χ4n) is 3.24. The van der Waals surface area contributed by atoms with Gasteiger partial charge in [-0.2, -0.15) is 0 Å². The van der Waals surface area contributed by atoms with Gasteiger partial charge in [-0.1, -0.05) is 12.1 Å². The Morgan fingerprint density at radius 3 is 2.48 bits per heavy atom.